The SMILES string of the molecule is CNCC(C)C(=O)N(C)C1CCCCC1C.Cl. The van der Waals surface area contributed by atoms with Gasteiger partial charge in [-0.25, -0.2) is 0 Å². The van der Waals surface area contributed by atoms with Gasteiger partial charge in [-0.2, -0.15) is 0 Å². The van der Waals surface area contributed by atoms with E-state index in [4.69, 9.17) is 0 Å². The molecule has 0 spiro atoms. The fourth-order valence-corrected chi connectivity index (χ4v) is 2.78. The van der Waals surface area contributed by atoms with E-state index in [0.717, 1.165) is 6.54 Å². The molecule has 1 aliphatic carbocycles. The third-order valence-electron chi connectivity index (χ3n) is 3.84. The highest BCUT2D eigenvalue weighted by molar-refractivity contribution is 5.85. The second-order valence-corrected chi connectivity index (χ2v) is 5.24. The Balaban J connectivity index is 0.00000256. The zero-order valence-electron chi connectivity index (χ0n) is 11.5. The zero-order chi connectivity index (χ0) is 12.1. The van der Waals surface area contributed by atoms with E-state index in [1.165, 1.54) is 25.7 Å². The van der Waals surface area contributed by atoms with Crippen molar-refractivity contribution in [1.82, 2.24) is 10.2 Å². The molecule has 1 rings (SSSR count). The first-order valence-corrected chi connectivity index (χ1v) is 6.49. The van der Waals surface area contributed by atoms with E-state index in [9.17, 15) is 4.79 Å². The monoisotopic (exact) mass is 262 g/mol. The van der Waals surface area contributed by atoms with Crippen LogP contribution in [0.5, 0.6) is 0 Å². The normalized spacial score (nSPS) is 25.9. The van der Waals surface area contributed by atoms with Gasteiger partial charge in [-0.1, -0.05) is 26.7 Å². The van der Waals surface area contributed by atoms with Crippen molar-refractivity contribution in [3.8, 4) is 0 Å². The summed E-state index contributed by atoms with van der Waals surface area (Å²) in [5, 5.41) is 3.07. The van der Waals surface area contributed by atoms with Crippen LogP contribution in [-0.4, -0.2) is 37.5 Å². The van der Waals surface area contributed by atoms with Gasteiger partial charge in [0.2, 0.25) is 5.91 Å². The Kier molecular flexibility index (Phi) is 7.80. The van der Waals surface area contributed by atoms with Gasteiger partial charge >= 0.3 is 0 Å². The molecule has 1 fully saturated rings. The topological polar surface area (TPSA) is 32.3 Å². The molecule has 102 valence electrons. The molecule has 17 heavy (non-hydrogen) atoms. The highest BCUT2D eigenvalue weighted by atomic mass is 35.5. The van der Waals surface area contributed by atoms with Crippen molar-refractivity contribution in [2.75, 3.05) is 20.6 Å². The minimum Gasteiger partial charge on any atom is -0.342 e. The number of rotatable bonds is 4. The van der Waals surface area contributed by atoms with Gasteiger partial charge in [0.1, 0.15) is 0 Å². The fourth-order valence-electron chi connectivity index (χ4n) is 2.78. The van der Waals surface area contributed by atoms with Crippen LogP contribution in [0, 0.1) is 11.8 Å². The van der Waals surface area contributed by atoms with E-state index in [1.807, 2.05) is 25.9 Å². The van der Waals surface area contributed by atoms with E-state index in [2.05, 4.69) is 12.2 Å². The standard InChI is InChI=1S/C13H26N2O.ClH/c1-10-7-5-6-8-12(10)15(4)13(16)11(2)9-14-3;/h10-12,14H,5-9H2,1-4H3;1H. The maximum absolute atomic E-state index is 12.2. The van der Waals surface area contributed by atoms with E-state index in [-0.39, 0.29) is 24.2 Å². The van der Waals surface area contributed by atoms with E-state index < -0.39 is 0 Å². The van der Waals surface area contributed by atoms with Crippen molar-refractivity contribution < 1.29 is 4.79 Å². The van der Waals surface area contributed by atoms with Gasteiger partial charge in [0.15, 0.2) is 0 Å². The van der Waals surface area contributed by atoms with Gasteiger partial charge in [-0.15, -0.1) is 12.4 Å². The minimum absolute atomic E-state index is 0. The summed E-state index contributed by atoms with van der Waals surface area (Å²) in [5.41, 5.74) is 0. The summed E-state index contributed by atoms with van der Waals surface area (Å²) in [4.78, 5) is 14.2. The Bertz CT molecular complexity index is 235. The van der Waals surface area contributed by atoms with Crippen molar-refractivity contribution in [3.05, 3.63) is 0 Å². The molecular weight excluding hydrogens is 236 g/mol. The number of nitrogens with zero attached hydrogens (tertiary/aromatic N) is 1. The molecule has 0 heterocycles. The Morgan fingerprint density at radius 2 is 2.00 bits per heavy atom. The Morgan fingerprint density at radius 3 is 2.53 bits per heavy atom. The summed E-state index contributed by atoms with van der Waals surface area (Å²) >= 11 is 0. The van der Waals surface area contributed by atoms with E-state index in [0.29, 0.717) is 12.0 Å². The predicted octanol–water partition coefficient (Wildman–Crippen LogP) is 2.30. The molecule has 1 amide bonds. The Morgan fingerprint density at radius 1 is 1.41 bits per heavy atom. The molecule has 3 unspecified atom stereocenters. The van der Waals surface area contributed by atoms with Gasteiger partial charge in [0.05, 0.1) is 0 Å². The number of hydrogen-bond acceptors (Lipinski definition) is 2. The summed E-state index contributed by atoms with van der Waals surface area (Å²) in [6.45, 7) is 5.05. The number of amides is 1. The van der Waals surface area contributed by atoms with Crippen molar-refractivity contribution in [2.45, 2.75) is 45.6 Å². The van der Waals surface area contributed by atoms with Crippen LogP contribution < -0.4 is 5.32 Å². The largest absolute Gasteiger partial charge is 0.342 e. The molecule has 0 aliphatic heterocycles. The number of carbonyl (C=O) groups excluding carboxylic acids is 1. The van der Waals surface area contributed by atoms with Crippen molar-refractivity contribution >= 4 is 18.3 Å². The number of halogens is 1. The molecule has 1 aliphatic rings. The lowest BCUT2D eigenvalue weighted by molar-refractivity contribution is -0.137. The van der Waals surface area contributed by atoms with Crippen molar-refractivity contribution in [3.63, 3.8) is 0 Å². The second-order valence-electron chi connectivity index (χ2n) is 5.24. The Labute approximate surface area is 112 Å². The molecular formula is C13H27ClN2O. The summed E-state index contributed by atoms with van der Waals surface area (Å²) in [6.07, 6.45) is 5.04. The van der Waals surface area contributed by atoms with Crippen LogP contribution >= 0.6 is 12.4 Å². The van der Waals surface area contributed by atoms with Gasteiger partial charge in [0, 0.05) is 25.6 Å². The average molecular weight is 263 g/mol. The Hall–Kier alpha value is -0.280. The first-order chi connectivity index (χ1) is 7.57. The van der Waals surface area contributed by atoms with Crippen LogP contribution in [0.2, 0.25) is 0 Å². The number of carbonyl (C=O) groups is 1. The zero-order valence-corrected chi connectivity index (χ0v) is 12.3. The van der Waals surface area contributed by atoms with Crippen molar-refractivity contribution in [1.29, 1.82) is 0 Å². The number of hydrogen-bond donors (Lipinski definition) is 1. The fraction of sp³-hybridized carbons (Fsp3) is 0.923. The molecule has 1 saturated carbocycles. The summed E-state index contributed by atoms with van der Waals surface area (Å²) in [5.74, 6) is 1.03. The first kappa shape index (κ1) is 16.7. The summed E-state index contributed by atoms with van der Waals surface area (Å²) in [7, 11) is 3.87. The molecule has 0 aromatic rings. The van der Waals surface area contributed by atoms with Crippen LogP contribution in [0.15, 0.2) is 0 Å². The van der Waals surface area contributed by atoms with Crippen molar-refractivity contribution in [2.24, 2.45) is 11.8 Å². The summed E-state index contributed by atoms with van der Waals surface area (Å²) in [6, 6.07) is 0.459. The minimum atomic E-state index is 0. The molecule has 0 aromatic carbocycles. The summed E-state index contributed by atoms with van der Waals surface area (Å²) < 4.78 is 0. The molecule has 0 aromatic heterocycles. The molecule has 1 N–H and O–H groups in total. The van der Waals surface area contributed by atoms with Gasteiger partial charge in [-0.05, 0) is 25.8 Å². The third kappa shape index (κ3) is 4.47. The maximum Gasteiger partial charge on any atom is 0.226 e. The van der Waals surface area contributed by atoms with E-state index in [1.54, 1.807) is 0 Å². The molecule has 4 heteroatoms. The average Bonchev–Trinajstić information content (AvgIpc) is 2.28. The van der Waals surface area contributed by atoms with E-state index >= 15 is 0 Å². The van der Waals surface area contributed by atoms with Gasteiger partial charge in [0.25, 0.3) is 0 Å². The van der Waals surface area contributed by atoms with Crippen LogP contribution in [0.1, 0.15) is 39.5 Å². The quantitative estimate of drug-likeness (QED) is 0.843. The highest BCUT2D eigenvalue weighted by Gasteiger charge is 2.29. The second kappa shape index (κ2) is 7.93. The van der Waals surface area contributed by atoms with Gasteiger partial charge in [-0.3, -0.25) is 4.79 Å². The maximum atomic E-state index is 12.2. The molecule has 3 atom stereocenters. The molecule has 0 saturated heterocycles. The lowest BCUT2D eigenvalue weighted by atomic mass is 9.84. The van der Waals surface area contributed by atoms with Gasteiger partial charge < -0.3 is 10.2 Å². The predicted molar refractivity (Wildman–Crippen MR) is 74.5 cm³/mol. The molecule has 0 bridgehead atoms. The molecule has 3 nitrogen and oxygen atoms in total. The highest BCUT2D eigenvalue weighted by Crippen LogP contribution is 2.27. The van der Waals surface area contributed by atoms with Crippen LogP contribution in [0.3, 0.4) is 0 Å². The lowest BCUT2D eigenvalue weighted by Crippen LogP contribution is -2.46. The first-order valence-electron chi connectivity index (χ1n) is 6.49. The molecule has 0 radical (unpaired) electrons. The van der Waals surface area contributed by atoms with Crippen LogP contribution in [0.4, 0.5) is 0 Å². The lowest BCUT2D eigenvalue weighted by Gasteiger charge is -2.37. The van der Waals surface area contributed by atoms with Crippen LogP contribution in [0.25, 0.3) is 0 Å². The number of nitrogens with one attached hydrogen (secondary N) is 1. The smallest absolute Gasteiger partial charge is 0.226 e. The van der Waals surface area contributed by atoms with Crippen LogP contribution in [-0.2, 0) is 4.79 Å². The third-order valence-corrected chi connectivity index (χ3v) is 3.84.